The molecular formula is C24H27NOS. The molecule has 0 aliphatic carbocycles. The van der Waals surface area contributed by atoms with Crippen molar-refractivity contribution in [3.05, 3.63) is 82.9 Å². The minimum Gasteiger partial charge on any atom is -0.489 e. The number of anilines is 1. The highest BCUT2D eigenvalue weighted by atomic mass is 32.2. The van der Waals surface area contributed by atoms with Crippen LogP contribution >= 0.6 is 11.8 Å². The second-order valence-corrected chi connectivity index (χ2v) is 8.30. The van der Waals surface area contributed by atoms with Crippen LogP contribution in [0.15, 0.2) is 70.5 Å². The maximum Gasteiger partial charge on any atom is 0.123 e. The first-order valence-electron chi connectivity index (χ1n) is 9.29. The summed E-state index contributed by atoms with van der Waals surface area (Å²) in [6.07, 6.45) is 0. The minimum atomic E-state index is 0.393. The van der Waals surface area contributed by atoms with Gasteiger partial charge in [0.25, 0.3) is 0 Å². The summed E-state index contributed by atoms with van der Waals surface area (Å²) in [5.74, 6) is 1.36. The van der Waals surface area contributed by atoms with Gasteiger partial charge in [0, 0.05) is 15.5 Å². The van der Waals surface area contributed by atoms with E-state index in [2.05, 4.69) is 58.0 Å². The van der Waals surface area contributed by atoms with Crippen LogP contribution in [-0.2, 0) is 6.61 Å². The molecule has 3 heteroatoms. The van der Waals surface area contributed by atoms with Crippen molar-refractivity contribution in [3.63, 3.8) is 0 Å². The largest absolute Gasteiger partial charge is 0.489 e. The fourth-order valence-corrected chi connectivity index (χ4v) is 4.17. The zero-order valence-electron chi connectivity index (χ0n) is 16.5. The molecule has 0 radical (unpaired) electrons. The number of benzene rings is 3. The lowest BCUT2D eigenvalue weighted by Gasteiger charge is -2.17. The van der Waals surface area contributed by atoms with Crippen molar-refractivity contribution in [2.45, 2.75) is 50.0 Å². The summed E-state index contributed by atoms with van der Waals surface area (Å²) in [4.78, 5) is 2.50. The predicted octanol–water partition coefficient (Wildman–Crippen LogP) is 6.74. The number of nitrogen functional groups attached to an aromatic ring is 1. The van der Waals surface area contributed by atoms with Crippen molar-refractivity contribution in [2.75, 3.05) is 5.73 Å². The Morgan fingerprint density at radius 1 is 0.926 bits per heavy atom. The topological polar surface area (TPSA) is 35.2 Å². The molecule has 0 aliphatic heterocycles. The Morgan fingerprint density at radius 3 is 2.22 bits per heavy atom. The molecule has 0 saturated heterocycles. The van der Waals surface area contributed by atoms with E-state index in [1.807, 2.05) is 30.3 Å². The van der Waals surface area contributed by atoms with Crippen molar-refractivity contribution >= 4 is 17.4 Å². The molecule has 0 heterocycles. The molecule has 0 unspecified atom stereocenters. The van der Waals surface area contributed by atoms with Crippen LogP contribution in [0, 0.1) is 13.8 Å². The van der Waals surface area contributed by atoms with E-state index >= 15 is 0 Å². The van der Waals surface area contributed by atoms with Crippen molar-refractivity contribution in [1.29, 1.82) is 0 Å². The SMILES string of the molecule is Cc1cc(N)cc(C)c1Sc1ccc(OCc2ccccc2)c(C(C)C)c1. The van der Waals surface area contributed by atoms with Crippen LogP contribution in [0.25, 0.3) is 0 Å². The summed E-state index contributed by atoms with van der Waals surface area (Å²) in [6.45, 7) is 9.24. The van der Waals surface area contributed by atoms with Gasteiger partial charge < -0.3 is 10.5 Å². The second-order valence-electron chi connectivity index (χ2n) is 7.21. The van der Waals surface area contributed by atoms with Crippen LogP contribution in [0.2, 0.25) is 0 Å². The first-order valence-corrected chi connectivity index (χ1v) is 10.1. The quantitative estimate of drug-likeness (QED) is 0.483. The highest BCUT2D eigenvalue weighted by molar-refractivity contribution is 7.99. The minimum absolute atomic E-state index is 0.393. The molecule has 3 rings (SSSR count). The molecule has 0 aliphatic rings. The van der Waals surface area contributed by atoms with Crippen molar-refractivity contribution in [1.82, 2.24) is 0 Å². The summed E-state index contributed by atoms with van der Waals surface area (Å²) < 4.78 is 6.13. The van der Waals surface area contributed by atoms with Gasteiger partial charge in [0.05, 0.1) is 0 Å². The molecule has 2 nitrogen and oxygen atoms in total. The van der Waals surface area contributed by atoms with Gasteiger partial charge >= 0.3 is 0 Å². The Hall–Kier alpha value is -2.39. The number of nitrogens with two attached hydrogens (primary N) is 1. The third-order valence-corrected chi connectivity index (χ3v) is 5.88. The number of hydrogen-bond acceptors (Lipinski definition) is 3. The molecule has 0 saturated carbocycles. The number of hydrogen-bond donors (Lipinski definition) is 1. The Balaban J connectivity index is 1.83. The average molecular weight is 378 g/mol. The lowest BCUT2D eigenvalue weighted by atomic mass is 10.0. The van der Waals surface area contributed by atoms with Gasteiger partial charge in [-0.3, -0.25) is 0 Å². The molecule has 2 N–H and O–H groups in total. The molecule has 0 aromatic heterocycles. The number of ether oxygens (including phenoxy) is 1. The molecule has 0 spiro atoms. The van der Waals surface area contributed by atoms with Gasteiger partial charge in [-0.1, -0.05) is 55.9 Å². The van der Waals surface area contributed by atoms with E-state index in [1.54, 1.807) is 11.8 Å². The van der Waals surface area contributed by atoms with Gasteiger partial charge in [-0.15, -0.1) is 0 Å². The first kappa shape index (κ1) is 19.4. The van der Waals surface area contributed by atoms with Crippen LogP contribution in [0.5, 0.6) is 5.75 Å². The monoisotopic (exact) mass is 377 g/mol. The summed E-state index contributed by atoms with van der Waals surface area (Å²) in [5, 5.41) is 0. The molecule has 3 aromatic rings. The van der Waals surface area contributed by atoms with Crippen LogP contribution < -0.4 is 10.5 Å². The first-order chi connectivity index (χ1) is 12.9. The Bertz CT molecular complexity index is 896. The molecule has 0 bridgehead atoms. The zero-order chi connectivity index (χ0) is 19.4. The van der Waals surface area contributed by atoms with E-state index in [1.165, 1.54) is 32.0 Å². The van der Waals surface area contributed by atoms with Gasteiger partial charge in [-0.25, -0.2) is 0 Å². The molecule has 0 fully saturated rings. The fraction of sp³-hybridized carbons (Fsp3) is 0.250. The summed E-state index contributed by atoms with van der Waals surface area (Å²) in [6, 6.07) is 20.9. The van der Waals surface area contributed by atoms with E-state index in [0.29, 0.717) is 12.5 Å². The van der Waals surface area contributed by atoms with Crippen LogP contribution in [0.1, 0.15) is 42.0 Å². The maximum absolute atomic E-state index is 6.13. The normalized spacial score (nSPS) is 11.0. The number of rotatable bonds is 6. The second kappa shape index (κ2) is 8.53. The standard InChI is InChI=1S/C24H27NOS/c1-16(2)22-14-21(27-24-17(3)12-20(25)13-18(24)4)10-11-23(22)26-15-19-8-6-5-7-9-19/h5-14,16H,15,25H2,1-4H3. The van der Waals surface area contributed by atoms with Gasteiger partial charge in [-0.2, -0.15) is 0 Å². The third kappa shape index (κ3) is 4.86. The zero-order valence-corrected chi connectivity index (χ0v) is 17.3. The Kier molecular flexibility index (Phi) is 6.12. The van der Waals surface area contributed by atoms with E-state index in [-0.39, 0.29) is 0 Å². The van der Waals surface area contributed by atoms with Crippen molar-refractivity contribution < 1.29 is 4.74 Å². The molecule has 140 valence electrons. The Morgan fingerprint density at radius 2 is 1.59 bits per heavy atom. The Labute approximate surface area is 166 Å². The molecule has 0 amide bonds. The number of aryl methyl sites for hydroxylation is 2. The van der Waals surface area contributed by atoms with E-state index in [9.17, 15) is 0 Å². The molecular weight excluding hydrogens is 350 g/mol. The lowest BCUT2D eigenvalue weighted by Crippen LogP contribution is -2.00. The highest BCUT2D eigenvalue weighted by Gasteiger charge is 2.12. The van der Waals surface area contributed by atoms with Crippen LogP contribution in [0.4, 0.5) is 5.69 Å². The average Bonchev–Trinajstić information content (AvgIpc) is 2.64. The lowest BCUT2D eigenvalue weighted by molar-refractivity contribution is 0.301. The van der Waals surface area contributed by atoms with Crippen LogP contribution in [0.3, 0.4) is 0 Å². The molecule has 27 heavy (non-hydrogen) atoms. The van der Waals surface area contributed by atoms with Gasteiger partial charge in [0.2, 0.25) is 0 Å². The van der Waals surface area contributed by atoms with Gasteiger partial charge in [0.1, 0.15) is 12.4 Å². The highest BCUT2D eigenvalue weighted by Crippen LogP contribution is 2.38. The van der Waals surface area contributed by atoms with E-state index in [4.69, 9.17) is 10.5 Å². The predicted molar refractivity (Wildman–Crippen MR) is 116 cm³/mol. The van der Waals surface area contributed by atoms with E-state index in [0.717, 1.165) is 11.4 Å². The van der Waals surface area contributed by atoms with Gasteiger partial charge in [-0.05, 0) is 72.4 Å². The summed E-state index contributed by atoms with van der Waals surface area (Å²) in [7, 11) is 0. The fourth-order valence-electron chi connectivity index (χ4n) is 3.17. The van der Waals surface area contributed by atoms with Crippen molar-refractivity contribution in [3.8, 4) is 5.75 Å². The summed E-state index contributed by atoms with van der Waals surface area (Å²) in [5.41, 5.74) is 11.6. The van der Waals surface area contributed by atoms with Gasteiger partial charge in [0.15, 0.2) is 0 Å². The smallest absolute Gasteiger partial charge is 0.123 e. The summed E-state index contributed by atoms with van der Waals surface area (Å²) >= 11 is 1.79. The molecule has 3 aromatic carbocycles. The van der Waals surface area contributed by atoms with Crippen molar-refractivity contribution in [2.24, 2.45) is 0 Å². The maximum atomic E-state index is 6.13. The van der Waals surface area contributed by atoms with Crippen LogP contribution in [-0.4, -0.2) is 0 Å². The third-order valence-electron chi connectivity index (χ3n) is 4.54. The van der Waals surface area contributed by atoms with E-state index < -0.39 is 0 Å². The molecule has 0 atom stereocenters.